The first-order valence-corrected chi connectivity index (χ1v) is 4.46. The normalized spacial score (nSPS) is 25.6. The summed E-state index contributed by atoms with van der Waals surface area (Å²) in [6.07, 6.45) is 2.30. The van der Waals surface area contributed by atoms with Crippen LogP contribution >= 0.6 is 0 Å². The molecule has 1 aliphatic heterocycles. The van der Waals surface area contributed by atoms with Crippen molar-refractivity contribution in [2.75, 3.05) is 39.8 Å². The highest BCUT2D eigenvalue weighted by molar-refractivity contribution is 4.79. The van der Waals surface area contributed by atoms with Gasteiger partial charge in [-0.15, -0.1) is 6.58 Å². The first-order chi connectivity index (χ1) is 5.86. The van der Waals surface area contributed by atoms with Gasteiger partial charge in [-0.2, -0.15) is 0 Å². The summed E-state index contributed by atoms with van der Waals surface area (Å²) >= 11 is 0. The van der Waals surface area contributed by atoms with E-state index in [-0.39, 0.29) is 0 Å². The highest BCUT2D eigenvalue weighted by Crippen LogP contribution is 2.03. The molecule has 0 saturated carbocycles. The standard InChI is InChI=1S/C9H18N2O/c1-3-4-11-5-6-12-9(8-11)7-10-2/h3,9-10H,1,4-8H2,2H3. The van der Waals surface area contributed by atoms with Gasteiger partial charge in [-0.1, -0.05) is 6.08 Å². The lowest BCUT2D eigenvalue weighted by atomic mass is 10.2. The van der Waals surface area contributed by atoms with Crippen molar-refractivity contribution in [3.8, 4) is 0 Å². The number of ether oxygens (including phenoxy) is 1. The Kier molecular flexibility index (Phi) is 4.29. The number of hydrogen-bond donors (Lipinski definition) is 1. The van der Waals surface area contributed by atoms with Crippen LogP contribution in [-0.4, -0.2) is 50.8 Å². The Morgan fingerprint density at radius 2 is 2.58 bits per heavy atom. The molecule has 0 aliphatic carbocycles. The zero-order chi connectivity index (χ0) is 8.81. The second-order valence-electron chi connectivity index (χ2n) is 3.10. The van der Waals surface area contributed by atoms with Gasteiger partial charge in [-0.25, -0.2) is 0 Å². The lowest BCUT2D eigenvalue weighted by Crippen LogP contribution is -2.46. The molecule has 0 aromatic heterocycles. The molecule has 0 bridgehead atoms. The van der Waals surface area contributed by atoms with Crippen LogP contribution in [-0.2, 0) is 4.74 Å². The Hall–Kier alpha value is -0.380. The van der Waals surface area contributed by atoms with Crippen LogP contribution in [0, 0.1) is 0 Å². The van der Waals surface area contributed by atoms with Gasteiger partial charge >= 0.3 is 0 Å². The van der Waals surface area contributed by atoms with Gasteiger partial charge in [-0.3, -0.25) is 4.90 Å². The Morgan fingerprint density at radius 1 is 1.75 bits per heavy atom. The summed E-state index contributed by atoms with van der Waals surface area (Å²) in [6, 6.07) is 0. The molecule has 1 heterocycles. The van der Waals surface area contributed by atoms with Crippen molar-refractivity contribution in [2.45, 2.75) is 6.10 Å². The maximum atomic E-state index is 5.56. The van der Waals surface area contributed by atoms with E-state index in [4.69, 9.17) is 4.74 Å². The molecule has 0 aromatic carbocycles. The Balaban J connectivity index is 2.24. The van der Waals surface area contributed by atoms with Crippen molar-refractivity contribution < 1.29 is 4.74 Å². The summed E-state index contributed by atoms with van der Waals surface area (Å²) in [5.74, 6) is 0. The zero-order valence-corrected chi connectivity index (χ0v) is 7.75. The Bertz CT molecular complexity index is 136. The number of nitrogens with zero attached hydrogens (tertiary/aromatic N) is 1. The van der Waals surface area contributed by atoms with E-state index in [2.05, 4.69) is 16.8 Å². The smallest absolute Gasteiger partial charge is 0.0826 e. The van der Waals surface area contributed by atoms with Crippen LogP contribution in [0.3, 0.4) is 0 Å². The molecule has 0 amide bonds. The number of morpholine rings is 1. The molecular weight excluding hydrogens is 152 g/mol. The summed E-state index contributed by atoms with van der Waals surface area (Å²) in [7, 11) is 1.95. The first kappa shape index (κ1) is 9.71. The maximum absolute atomic E-state index is 5.56. The predicted octanol–water partition coefficient (Wildman–Crippen LogP) is 0.0926. The monoisotopic (exact) mass is 170 g/mol. The van der Waals surface area contributed by atoms with Gasteiger partial charge in [0.15, 0.2) is 0 Å². The lowest BCUT2D eigenvalue weighted by Gasteiger charge is -2.31. The highest BCUT2D eigenvalue weighted by atomic mass is 16.5. The van der Waals surface area contributed by atoms with Crippen molar-refractivity contribution >= 4 is 0 Å². The minimum atomic E-state index is 0.351. The van der Waals surface area contributed by atoms with E-state index in [9.17, 15) is 0 Å². The summed E-state index contributed by atoms with van der Waals surface area (Å²) in [5.41, 5.74) is 0. The third kappa shape index (κ3) is 2.93. The number of rotatable bonds is 4. The number of hydrogen-bond acceptors (Lipinski definition) is 3. The van der Waals surface area contributed by atoms with Crippen LogP contribution in [0.1, 0.15) is 0 Å². The molecule has 70 valence electrons. The SMILES string of the molecule is C=CCN1CCOC(CNC)C1. The molecule has 0 aromatic rings. The fourth-order valence-corrected chi connectivity index (χ4v) is 1.48. The molecule has 0 radical (unpaired) electrons. The minimum absolute atomic E-state index is 0.351. The van der Waals surface area contributed by atoms with E-state index in [1.165, 1.54) is 0 Å². The molecule has 1 rings (SSSR count). The van der Waals surface area contributed by atoms with Crippen molar-refractivity contribution in [3.63, 3.8) is 0 Å². The van der Waals surface area contributed by atoms with Gasteiger partial charge < -0.3 is 10.1 Å². The van der Waals surface area contributed by atoms with Gasteiger partial charge in [0.25, 0.3) is 0 Å². The van der Waals surface area contributed by atoms with Gasteiger partial charge in [0.1, 0.15) is 0 Å². The van der Waals surface area contributed by atoms with E-state index in [0.29, 0.717) is 6.10 Å². The van der Waals surface area contributed by atoms with E-state index in [1.54, 1.807) is 0 Å². The van der Waals surface area contributed by atoms with Crippen LogP contribution in [0.4, 0.5) is 0 Å². The maximum Gasteiger partial charge on any atom is 0.0826 e. The lowest BCUT2D eigenvalue weighted by molar-refractivity contribution is -0.0222. The van der Waals surface area contributed by atoms with Crippen molar-refractivity contribution in [1.82, 2.24) is 10.2 Å². The predicted molar refractivity (Wildman–Crippen MR) is 50.3 cm³/mol. The van der Waals surface area contributed by atoms with Gasteiger partial charge in [0, 0.05) is 26.2 Å². The quantitative estimate of drug-likeness (QED) is 0.605. The molecule has 1 fully saturated rings. The van der Waals surface area contributed by atoms with Crippen LogP contribution in [0.2, 0.25) is 0 Å². The second kappa shape index (κ2) is 5.30. The van der Waals surface area contributed by atoms with Gasteiger partial charge in [0.05, 0.1) is 12.7 Å². The Morgan fingerprint density at radius 3 is 3.25 bits per heavy atom. The average molecular weight is 170 g/mol. The third-order valence-electron chi connectivity index (χ3n) is 2.04. The van der Waals surface area contributed by atoms with Crippen LogP contribution in [0.15, 0.2) is 12.7 Å². The summed E-state index contributed by atoms with van der Waals surface area (Å²) in [5, 5.41) is 3.12. The molecule has 1 N–H and O–H groups in total. The van der Waals surface area contributed by atoms with Crippen LogP contribution in [0.25, 0.3) is 0 Å². The number of nitrogens with one attached hydrogen (secondary N) is 1. The highest BCUT2D eigenvalue weighted by Gasteiger charge is 2.18. The fourth-order valence-electron chi connectivity index (χ4n) is 1.48. The van der Waals surface area contributed by atoms with Crippen LogP contribution in [0.5, 0.6) is 0 Å². The molecule has 1 aliphatic rings. The van der Waals surface area contributed by atoms with E-state index in [1.807, 2.05) is 13.1 Å². The number of likely N-dealkylation sites (N-methyl/N-ethyl adjacent to an activating group) is 1. The Labute approximate surface area is 74.4 Å². The molecule has 3 nitrogen and oxygen atoms in total. The molecule has 3 heteroatoms. The summed E-state index contributed by atoms with van der Waals surface area (Å²) < 4.78 is 5.56. The average Bonchev–Trinajstić information content (AvgIpc) is 2.06. The minimum Gasteiger partial charge on any atom is -0.374 e. The van der Waals surface area contributed by atoms with Crippen molar-refractivity contribution in [1.29, 1.82) is 0 Å². The second-order valence-corrected chi connectivity index (χ2v) is 3.10. The molecule has 12 heavy (non-hydrogen) atoms. The van der Waals surface area contributed by atoms with Gasteiger partial charge in [-0.05, 0) is 7.05 Å². The van der Waals surface area contributed by atoms with Gasteiger partial charge in [0.2, 0.25) is 0 Å². The zero-order valence-electron chi connectivity index (χ0n) is 7.75. The topological polar surface area (TPSA) is 24.5 Å². The van der Waals surface area contributed by atoms with Crippen molar-refractivity contribution in [3.05, 3.63) is 12.7 Å². The van der Waals surface area contributed by atoms with Crippen molar-refractivity contribution in [2.24, 2.45) is 0 Å². The van der Waals surface area contributed by atoms with Crippen LogP contribution < -0.4 is 5.32 Å². The third-order valence-corrected chi connectivity index (χ3v) is 2.04. The van der Waals surface area contributed by atoms with E-state index >= 15 is 0 Å². The first-order valence-electron chi connectivity index (χ1n) is 4.46. The fraction of sp³-hybridized carbons (Fsp3) is 0.778. The molecule has 0 spiro atoms. The largest absolute Gasteiger partial charge is 0.374 e. The molecular formula is C9H18N2O. The van der Waals surface area contributed by atoms with E-state index < -0.39 is 0 Å². The summed E-state index contributed by atoms with van der Waals surface area (Å²) in [6.45, 7) is 8.54. The van der Waals surface area contributed by atoms with E-state index in [0.717, 1.165) is 32.8 Å². The summed E-state index contributed by atoms with van der Waals surface area (Å²) in [4.78, 5) is 2.36. The molecule has 1 unspecified atom stereocenters. The molecule has 1 atom stereocenters. The molecule has 1 saturated heterocycles.